The fourth-order valence-corrected chi connectivity index (χ4v) is 1.72. The molecule has 0 aliphatic carbocycles. The lowest BCUT2D eigenvalue weighted by atomic mass is 10.1. The molecule has 1 aromatic carbocycles. The smallest absolute Gasteiger partial charge is 0.255 e. The zero-order chi connectivity index (χ0) is 13.0. The first kappa shape index (κ1) is 12.7. The summed E-state index contributed by atoms with van der Waals surface area (Å²) >= 11 is 0. The van der Waals surface area contributed by atoms with Crippen LogP contribution in [0.3, 0.4) is 0 Å². The Balaban J connectivity index is 2.10. The Bertz CT molecular complexity index is 434. The van der Waals surface area contributed by atoms with Gasteiger partial charge in [-0.3, -0.25) is 4.79 Å². The van der Waals surface area contributed by atoms with E-state index in [2.05, 4.69) is 5.32 Å². The van der Waals surface area contributed by atoms with Crippen molar-refractivity contribution in [2.75, 3.05) is 19.8 Å². The first-order valence-electron chi connectivity index (χ1n) is 6.14. The van der Waals surface area contributed by atoms with Gasteiger partial charge in [0.05, 0.1) is 5.56 Å². The van der Waals surface area contributed by atoms with E-state index in [1.54, 1.807) is 18.2 Å². The van der Waals surface area contributed by atoms with Crippen molar-refractivity contribution in [1.29, 1.82) is 0 Å². The van der Waals surface area contributed by atoms with E-state index >= 15 is 0 Å². The lowest BCUT2D eigenvalue weighted by Gasteiger charge is -2.20. The van der Waals surface area contributed by atoms with Crippen LogP contribution >= 0.6 is 0 Å². The molecule has 5 nitrogen and oxygen atoms in total. The van der Waals surface area contributed by atoms with Crippen LogP contribution in [0.4, 0.5) is 0 Å². The number of rotatable bonds is 4. The topological polar surface area (TPSA) is 73.6 Å². The molecular formula is C13H18N2O3. The monoisotopic (exact) mass is 250 g/mol. The molecule has 3 N–H and O–H groups in total. The van der Waals surface area contributed by atoms with Crippen LogP contribution in [0.15, 0.2) is 18.2 Å². The van der Waals surface area contributed by atoms with Crippen LogP contribution in [0.2, 0.25) is 0 Å². The van der Waals surface area contributed by atoms with Crippen molar-refractivity contribution in [2.24, 2.45) is 5.73 Å². The number of hydrogen-bond donors (Lipinski definition) is 2. The number of carbonyl (C=O) groups is 1. The number of nitrogens with one attached hydrogen (secondary N) is 1. The lowest BCUT2D eigenvalue weighted by Crippen LogP contribution is -2.37. The summed E-state index contributed by atoms with van der Waals surface area (Å²) in [5.41, 5.74) is 6.26. The van der Waals surface area contributed by atoms with Crippen LogP contribution in [-0.2, 0) is 0 Å². The van der Waals surface area contributed by atoms with Crippen LogP contribution in [0.25, 0.3) is 0 Å². The van der Waals surface area contributed by atoms with E-state index in [1.165, 1.54) is 0 Å². The number of benzene rings is 1. The van der Waals surface area contributed by atoms with Crippen LogP contribution in [0.5, 0.6) is 11.5 Å². The van der Waals surface area contributed by atoms with Gasteiger partial charge in [-0.2, -0.15) is 0 Å². The SMILES string of the molecule is CCC(N)CNC(=O)c1cccc2c1OCCO2. The van der Waals surface area contributed by atoms with E-state index < -0.39 is 0 Å². The van der Waals surface area contributed by atoms with Gasteiger partial charge in [-0.05, 0) is 18.6 Å². The predicted molar refractivity (Wildman–Crippen MR) is 68.0 cm³/mol. The van der Waals surface area contributed by atoms with Crippen molar-refractivity contribution < 1.29 is 14.3 Å². The maximum atomic E-state index is 12.0. The number of hydrogen-bond acceptors (Lipinski definition) is 4. The highest BCUT2D eigenvalue weighted by Crippen LogP contribution is 2.33. The van der Waals surface area contributed by atoms with E-state index in [1.807, 2.05) is 6.92 Å². The van der Waals surface area contributed by atoms with Gasteiger partial charge < -0.3 is 20.5 Å². The molecule has 1 heterocycles. The Hall–Kier alpha value is -1.75. The maximum absolute atomic E-state index is 12.0. The molecule has 0 bridgehead atoms. The molecule has 1 aliphatic heterocycles. The first-order chi connectivity index (χ1) is 8.72. The number of fused-ring (bicyclic) bond motifs is 1. The molecule has 1 aromatic rings. The molecule has 0 spiro atoms. The van der Waals surface area contributed by atoms with Gasteiger partial charge in [-0.25, -0.2) is 0 Å². The van der Waals surface area contributed by atoms with Crippen LogP contribution in [-0.4, -0.2) is 31.7 Å². The van der Waals surface area contributed by atoms with Crippen LogP contribution in [0.1, 0.15) is 23.7 Å². The van der Waals surface area contributed by atoms with Gasteiger partial charge in [0.2, 0.25) is 0 Å². The van der Waals surface area contributed by atoms with Gasteiger partial charge in [-0.15, -0.1) is 0 Å². The summed E-state index contributed by atoms with van der Waals surface area (Å²) in [4.78, 5) is 12.0. The van der Waals surface area contributed by atoms with Crippen molar-refractivity contribution in [3.63, 3.8) is 0 Å². The summed E-state index contributed by atoms with van der Waals surface area (Å²) in [7, 11) is 0. The molecule has 0 saturated carbocycles. The van der Waals surface area contributed by atoms with Gasteiger partial charge in [0.1, 0.15) is 13.2 Å². The average Bonchev–Trinajstić information content (AvgIpc) is 2.43. The van der Waals surface area contributed by atoms with E-state index in [-0.39, 0.29) is 11.9 Å². The molecule has 0 radical (unpaired) electrons. The summed E-state index contributed by atoms with van der Waals surface area (Å²) in [5.74, 6) is 0.959. The summed E-state index contributed by atoms with van der Waals surface area (Å²) in [6, 6.07) is 5.27. The first-order valence-corrected chi connectivity index (χ1v) is 6.14. The van der Waals surface area contributed by atoms with Gasteiger partial charge in [0.15, 0.2) is 11.5 Å². The standard InChI is InChI=1S/C13H18N2O3/c1-2-9(14)8-15-13(16)10-4-3-5-11-12(10)18-7-6-17-11/h3-5,9H,2,6-8,14H2,1H3,(H,15,16). The minimum absolute atomic E-state index is 0.0225. The maximum Gasteiger partial charge on any atom is 0.255 e. The van der Waals surface area contributed by atoms with Crippen molar-refractivity contribution in [3.8, 4) is 11.5 Å². The number of ether oxygens (including phenoxy) is 2. The quantitative estimate of drug-likeness (QED) is 0.833. The second kappa shape index (κ2) is 5.73. The van der Waals surface area contributed by atoms with Crippen molar-refractivity contribution in [3.05, 3.63) is 23.8 Å². The molecule has 1 atom stereocenters. The van der Waals surface area contributed by atoms with Crippen molar-refractivity contribution >= 4 is 5.91 Å². The number of carbonyl (C=O) groups excluding carboxylic acids is 1. The third-order valence-corrected chi connectivity index (χ3v) is 2.86. The van der Waals surface area contributed by atoms with E-state index in [0.717, 1.165) is 6.42 Å². The Morgan fingerprint density at radius 1 is 1.44 bits per heavy atom. The van der Waals surface area contributed by atoms with E-state index in [4.69, 9.17) is 15.2 Å². The van der Waals surface area contributed by atoms with Crippen molar-refractivity contribution in [2.45, 2.75) is 19.4 Å². The summed E-state index contributed by atoms with van der Waals surface area (Å²) in [6.45, 7) is 3.42. The van der Waals surface area contributed by atoms with Gasteiger partial charge in [-0.1, -0.05) is 13.0 Å². The molecule has 0 fully saturated rings. The predicted octanol–water partition coefficient (Wildman–Crippen LogP) is 0.925. The highest BCUT2D eigenvalue weighted by molar-refractivity contribution is 5.97. The second-order valence-corrected chi connectivity index (χ2v) is 4.21. The minimum atomic E-state index is -0.179. The second-order valence-electron chi connectivity index (χ2n) is 4.21. The summed E-state index contributed by atoms with van der Waals surface area (Å²) < 4.78 is 10.9. The Labute approximate surface area is 106 Å². The third-order valence-electron chi connectivity index (χ3n) is 2.86. The minimum Gasteiger partial charge on any atom is -0.486 e. The number of nitrogens with two attached hydrogens (primary N) is 1. The van der Waals surface area contributed by atoms with Gasteiger partial charge in [0, 0.05) is 12.6 Å². The highest BCUT2D eigenvalue weighted by atomic mass is 16.6. The molecule has 1 aliphatic rings. The third kappa shape index (κ3) is 2.73. The largest absolute Gasteiger partial charge is 0.486 e. The van der Waals surface area contributed by atoms with Gasteiger partial charge >= 0.3 is 0 Å². The van der Waals surface area contributed by atoms with Gasteiger partial charge in [0.25, 0.3) is 5.91 Å². The Kier molecular flexibility index (Phi) is 4.04. The molecule has 0 aromatic heterocycles. The van der Waals surface area contributed by atoms with Crippen LogP contribution < -0.4 is 20.5 Å². The van der Waals surface area contributed by atoms with Crippen molar-refractivity contribution in [1.82, 2.24) is 5.32 Å². The molecule has 2 rings (SSSR count). The summed E-state index contributed by atoms with van der Waals surface area (Å²) in [6.07, 6.45) is 0.826. The fourth-order valence-electron chi connectivity index (χ4n) is 1.72. The fraction of sp³-hybridized carbons (Fsp3) is 0.462. The molecule has 1 unspecified atom stereocenters. The zero-order valence-electron chi connectivity index (χ0n) is 10.4. The number of amides is 1. The molecule has 1 amide bonds. The molecular weight excluding hydrogens is 232 g/mol. The summed E-state index contributed by atoms with van der Waals surface area (Å²) in [5, 5.41) is 2.80. The van der Waals surface area contributed by atoms with E-state index in [9.17, 15) is 4.79 Å². The average molecular weight is 250 g/mol. The normalized spacial score (nSPS) is 15.0. The van der Waals surface area contributed by atoms with E-state index in [0.29, 0.717) is 36.8 Å². The Morgan fingerprint density at radius 2 is 2.22 bits per heavy atom. The zero-order valence-corrected chi connectivity index (χ0v) is 10.4. The highest BCUT2D eigenvalue weighted by Gasteiger charge is 2.20. The molecule has 18 heavy (non-hydrogen) atoms. The molecule has 98 valence electrons. The van der Waals surface area contributed by atoms with Crippen LogP contribution in [0, 0.1) is 0 Å². The Morgan fingerprint density at radius 3 is 3.00 bits per heavy atom. The molecule has 0 saturated heterocycles. The molecule has 5 heteroatoms. The number of para-hydroxylation sites is 1. The lowest BCUT2D eigenvalue weighted by molar-refractivity contribution is 0.0940.